The number of nitrogen functional groups attached to an aromatic ring is 1. The number of hydrazine groups is 1. The number of nitrogens with two attached hydrogens (primary N) is 1. The van der Waals surface area contributed by atoms with Gasteiger partial charge in [0.25, 0.3) is 0 Å². The van der Waals surface area contributed by atoms with Crippen LogP contribution in [0.4, 0.5) is 17.5 Å². The molecule has 0 spiro atoms. The summed E-state index contributed by atoms with van der Waals surface area (Å²) in [4.78, 5) is 8.22. The molecule has 1 heterocycles. The number of hydrogen-bond acceptors (Lipinski definition) is 6. The van der Waals surface area contributed by atoms with Gasteiger partial charge in [0.15, 0.2) is 0 Å². The standard InChI is InChI=1S/C12H11ClN6/c1-7-4-11(18-12(16-7)19-15)17-10-5-8(6-14)2-3-9(10)13/h2-5H,15H2,1H3,(H2,16,17,18,19). The van der Waals surface area contributed by atoms with Gasteiger partial charge in [-0.3, -0.25) is 5.43 Å². The Labute approximate surface area is 115 Å². The SMILES string of the molecule is Cc1cc(Nc2cc(C#N)ccc2Cl)nc(NN)n1. The van der Waals surface area contributed by atoms with E-state index in [0.29, 0.717) is 28.0 Å². The summed E-state index contributed by atoms with van der Waals surface area (Å²) in [6.07, 6.45) is 0. The van der Waals surface area contributed by atoms with Crippen molar-refractivity contribution < 1.29 is 0 Å². The van der Waals surface area contributed by atoms with Gasteiger partial charge in [0.1, 0.15) is 5.82 Å². The molecule has 4 N–H and O–H groups in total. The number of nitrogens with zero attached hydrogens (tertiary/aromatic N) is 3. The zero-order valence-electron chi connectivity index (χ0n) is 10.1. The second-order valence-electron chi connectivity index (χ2n) is 3.79. The largest absolute Gasteiger partial charge is 0.339 e. The first-order valence-electron chi connectivity index (χ1n) is 5.41. The van der Waals surface area contributed by atoms with E-state index >= 15 is 0 Å². The Hall–Kier alpha value is -2.36. The van der Waals surface area contributed by atoms with Crippen LogP contribution in [0.1, 0.15) is 11.3 Å². The molecular weight excluding hydrogens is 264 g/mol. The third-order valence-corrected chi connectivity index (χ3v) is 2.67. The number of benzene rings is 1. The number of rotatable bonds is 3. The van der Waals surface area contributed by atoms with Crippen LogP contribution in [-0.4, -0.2) is 9.97 Å². The monoisotopic (exact) mass is 274 g/mol. The van der Waals surface area contributed by atoms with Gasteiger partial charge in [-0.2, -0.15) is 10.2 Å². The molecule has 0 fully saturated rings. The molecule has 2 aromatic rings. The number of hydrogen-bond donors (Lipinski definition) is 3. The second kappa shape index (κ2) is 5.52. The third-order valence-electron chi connectivity index (χ3n) is 2.34. The van der Waals surface area contributed by atoms with Crippen molar-refractivity contribution in [3.63, 3.8) is 0 Å². The highest BCUT2D eigenvalue weighted by Gasteiger charge is 2.05. The van der Waals surface area contributed by atoms with Gasteiger partial charge in [-0.25, -0.2) is 10.8 Å². The molecule has 19 heavy (non-hydrogen) atoms. The van der Waals surface area contributed by atoms with Gasteiger partial charge in [0.05, 0.1) is 22.3 Å². The van der Waals surface area contributed by atoms with Crippen molar-refractivity contribution in [3.05, 3.63) is 40.5 Å². The minimum Gasteiger partial charge on any atom is -0.339 e. The average molecular weight is 275 g/mol. The van der Waals surface area contributed by atoms with Gasteiger partial charge in [0, 0.05) is 11.8 Å². The highest BCUT2D eigenvalue weighted by Crippen LogP contribution is 2.26. The van der Waals surface area contributed by atoms with Crippen LogP contribution in [0, 0.1) is 18.3 Å². The van der Waals surface area contributed by atoms with Crippen LogP contribution in [0.15, 0.2) is 24.3 Å². The lowest BCUT2D eigenvalue weighted by Gasteiger charge is -2.09. The van der Waals surface area contributed by atoms with Crippen LogP contribution in [0.25, 0.3) is 0 Å². The summed E-state index contributed by atoms with van der Waals surface area (Å²) in [5, 5.41) is 12.4. The first-order valence-corrected chi connectivity index (χ1v) is 5.79. The average Bonchev–Trinajstić information content (AvgIpc) is 2.40. The van der Waals surface area contributed by atoms with Crippen molar-refractivity contribution in [2.24, 2.45) is 5.84 Å². The lowest BCUT2D eigenvalue weighted by atomic mass is 10.2. The number of aryl methyl sites for hydroxylation is 1. The lowest BCUT2D eigenvalue weighted by Crippen LogP contribution is -2.11. The van der Waals surface area contributed by atoms with E-state index in [9.17, 15) is 0 Å². The van der Waals surface area contributed by atoms with Crippen LogP contribution in [0.5, 0.6) is 0 Å². The fourth-order valence-electron chi connectivity index (χ4n) is 1.53. The molecular formula is C12H11ClN6. The quantitative estimate of drug-likeness (QED) is 0.587. The number of nitrogens with one attached hydrogen (secondary N) is 2. The fraction of sp³-hybridized carbons (Fsp3) is 0.0833. The maximum atomic E-state index is 8.87. The molecule has 6 nitrogen and oxygen atoms in total. The van der Waals surface area contributed by atoms with Crippen LogP contribution >= 0.6 is 11.6 Å². The Bertz CT molecular complexity index is 649. The van der Waals surface area contributed by atoms with Gasteiger partial charge in [-0.05, 0) is 25.1 Å². The predicted molar refractivity (Wildman–Crippen MR) is 74.0 cm³/mol. The summed E-state index contributed by atoms with van der Waals surface area (Å²) in [7, 11) is 0. The molecule has 0 saturated heterocycles. The molecule has 0 aliphatic carbocycles. The first kappa shape index (κ1) is 13.1. The molecule has 96 valence electrons. The van der Waals surface area contributed by atoms with Crippen LogP contribution in [0.2, 0.25) is 5.02 Å². The zero-order chi connectivity index (χ0) is 13.8. The topological polar surface area (TPSA) is 99.7 Å². The van der Waals surface area contributed by atoms with Crippen molar-refractivity contribution in [1.29, 1.82) is 5.26 Å². The summed E-state index contributed by atoms with van der Waals surface area (Å²) in [5.74, 6) is 6.12. The molecule has 2 rings (SSSR count). The maximum absolute atomic E-state index is 8.87. The molecule has 0 bridgehead atoms. The van der Waals surface area contributed by atoms with Crippen molar-refractivity contribution >= 4 is 29.1 Å². The molecule has 0 amide bonds. The minimum atomic E-state index is 0.301. The molecule has 0 saturated carbocycles. The van der Waals surface area contributed by atoms with E-state index in [-0.39, 0.29) is 0 Å². The summed E-state index contributed by atoms with van der Waals surface area (Å²) in [5.41, 5.74) is 4.24. The van der Waals surface area contributed by atoms with Crippen LogP contribution in [-0.2, 0) is 0 Å². The van der Waals surface area contributed by atoms with Gasteiger partial charge in [-0.15, -0.1) is 0 Å². The highest BCUT2D eigenvalue weighted by molar-refractivity contribution is 6.33. The Balaban J connectivity index is 2.36. The first-order chi connectivity index (χ1) is 9.12. The fourth-order valence-corrected chi connectivity index (χ4v) is 1.69. The third kappa shape index (κ3) is 3.10. The molecule has 0 radical (unpaired) electrons. The highest BCUT2D eigenvalue weighted by atomic mass is 35.5. The predicted octanol–water partition coefficient (Wildman–Crippen LogP) is 2.34. The smallest absolute Gasteiger partial charge is 0.239 e. The molecule has 0 aliphatic heterocycles. The van der Waals surface area contributed by atoms with Crippen molar-refractivity contribution in [3.8, 4) is 6.07 Å². The van der Waals surface area contributed by atoms with E-state index in [2.05, 4.69) is 26.8 Å². The molecule has 0 unspecified atom stereocenters. The van der Waals surface area contributed by atoms with Gasteiger partial charge in [0.2, 0.25) is 5.95 Å². The summed E-state index contributed by atoms with van der Waals surface area (Å²) in [6.45, 7) is 1.82. The van der Waals surface area contributed by atoms with E-state index in [1.54, 1.807) is 24.3 Å². The van der Waals surface area contributed by atoms with Gasteiger partial charge < -0.3 is 5.32 Å². The Morgan fingerprint density at radius 2 is 2.11 bits per heavy atom. The van der Waals surface area contributed by atoms with Crippen LogP contribution in [0.3, 0.4) is 0 Å². The molecule has 1 aromatic heterocycles. The number of nitriles is 1. The Morgan fingerprint density at radius 1 is 1.32 bits per heavy atom. The molecule has 7 heteroatoms. The summed E-state index contributed by atoms with van der Waals surface area (Å²) < 4.78 is 0. The van der Waals surface area contributed by atoms with E-state index in [4.69, 9.17) is 22.7 Å². The Kier molecular flexibility index (Phi) is 3.80. The van der Waals surface area contributed by atoms with E-state index in [1.165, 1.54) is 0 Å². The van der Waals surface area contributed by atoms with Gasteiger partial charge >= 0.3 is 0 Å². The minimum absolute atomic E-state index is 0.301. The Morgan fingerprint density at radius 3 is 2.79 bits per heavy atom. The van der Waals surface area contributed by atoms with E-state index < -0.39 is 0 Å². The second-order valence-corrected chi connectivity index (χ2v) is 4.20. The van der Waals surface area contributed by atoms with Crippen molar-refractivity contribution in [2.45, 2.75) is 6.92 Å². The number of halogens is 1. The number of anilines is 3. The van der Waals surface area contributed by atoms with Crippen molar-refractivity contribution in [1.82, 2.24) is 9.97 Å². The summed E-state index contributed by atoms with van der Waals surface area (Å²) >= 11 is 6.06. The molecule has 0 aliphatic rings. The maximum Gasteiger partial charge on any atom is 0.239 e. The van der Waals surface area contributed by atoms with Crippen molar-refractivity contribution in [2.75, 3.05) is 10.7 Å². The molecule has 1 aromatic carbocycles. The van der Waals surface area contributed by atoms with Gasteiger partial charge in [-0.1, -0.05) is 11.6 Å². The van der Waals surface area contributed by atoms with Crippen LogP contribution < -0.4 is 16.6 Å². The van der Waals surface area contributed by atoms with E-state index in [0.717, 1.165) is 5.69 Å². The van der Waals surface area contributed by atoms with E-state index in [1.807, 2.05) is 6.92 Å². The normalized spacial score (nSPS) is 9.79. The number of aromatic nitrogens is 2. The zero-order valence-corrected chi connectivity index (χ0v) is 10.9. The summed E-state index contributed by atoms with van der Waals surface area (Å²) in [6, 6.07) is 8.74. The molecule has 0 atom stereocenters. The lowest BCUT2D eigenvalue weighted by molar-refractivity contribution is 1.07.